The van der Waals surface area contributed by atoms with Crippen LogP contribution < -0.4 is 11.1 Å². The van der Waals surface area contributed by atoms with Crippen molar-refractivity contribution >= 4 is 30.7 Å². The van der Waals surface area contributed by atoms with Crippen LogP contribution in [0.5, 0.6) is 0 Å². The summed E-state index contributed by atoms with van der Waals surface area (Å²) in [7, 11) is 1.59. The zero-order valence-electron chi connectivity index (χ0n) is 12.2. The highest BCUT2D eigenvalue weighted by atomic mass is 35.5. The van der Waals surface area contributed by atoms with E-state index >= 15 is 0 Å². The van der Waals surface area contributed by atoms with Crippen molar-refractivity contribution in [3.63, 3.8) is 0 Å². The third-order valence-corrected chi connectivity index (χ3v) is 4.01. The van der Waals surface area contributed by atoms with Crippen molar-refractivity contribution in [2.24, 2.45) is 5.73 Å². The van der Waals surface area contributed by atoms with E-state index in [1.807, 2.05) is 0 Å². The highest BCUT2D eigenvalue weighted by Gasteiger charge is 2.39. The first-order valence-electron chi connectivity index (χ1n) is 6.92. The molecule has 0 aromatic rings. The second-order valence-corrected chi connectivity index (χ2v) is 5.57. The zero-order valence-corrected chi connectivity index (χ0v) is 13.8. The van der Waals surface area contributed by atoms with E-state index in [1.54, 1.807) is 7.11 Å². The molecule has 0 spiro atoms. The molecule has 3 unspecified atom stereocenters. The maximum absolute atomic E-state index is 11.9. The molecule has 2 aliphatic rings. The number of ether oxygens (including phenoxy) is 1. The number of carbonyl (C=O) groups excluding carboxylic acids is 1. The molecule has 1 aliphatic heterocycles. The highest BCUT2D eigenvalue weighted by molar-refractivity contribution is 5.85. The number of hydrogen-bond donors (Lipinski definition) is 2. The third-order valence-electron chi connectivity index (χ3n) is 4.01. The molecule has 0 aromatic carbocycles. The Morgan fingerprint density at radius 1 is 1.45 bits per heavy atom. The highest BCUT2D eigenvalue weighted by Crippen LogP contribution is 2.33. The van der Waals surface area contributed by atoms with Gasteiger partial charge in [-0.1, -0.05) is 0 Å². The van der Waals surface area contributed by atoms with Gasteiger partial charge in [-0.2, -0.15) is 0 Å². The summed E-state index contributed by atoms with van der Waals surface area (Å²) in [6.07, 6.45) is 3.90. The Morgan fingerprint density at radius 3 is 2.60 bits per heavy atom. The number of halogens is 2. The molecule has 2 fully saturated rings. The van der Waals surface area contributed by atoms with Gasteiger partial charge in [0.2, 0.25) is 5.91 Å². The lowest BCUT2D eigenvalue weighted by atomic mass is 10.1. The molecular formula is C13H27Cl2N3O2. The topological polar surface area (TPSA) is 67.6 Å². The van der Waals surface area contributed by atoms with Crippen LogP contribution >= 0.6 is 24.8 Å². The number of nitrogens with two attached hydrogens (primary N) is 1. The van der Waals surface area contributed by atoms with Gasteiger partial charge in [0.05, 0.1) is 12.5 Å². The summed E-state index contributed by atoms with van der Waals surface area (Å²) in [6.45, 7) is 3.64. The first-order chi connectivity index (χ1) is 8.63. The molecule has 120 valence electrons. The van der Waals surface area contributed by atoms with Crippen LogP contribution in [-0.2, 0) is 9.53 Å². The second-order valence-electron chi connectivity index (χ2n) is 5.57. The average molecular weight is 328 g/mol. The monoisotopic (exact) mass is 327 g/mol. The van der Waals surface area contributed by atoms with Gasteiger partial charge in [-0.25, -0.2) is 0 Å². The fourth-order valence-corrected chi connectivity index (χ4v) is 2.83. The third kappa shape index (κ3) is 5.37. The van der Waals surface area contributed by atoms with E-state index in [9.17, 15) is 4.79 Å². The summed E-state index contributed by atoms with van der Waals surface area (Å²) in [4.78, 5) is 14.4. The standard InChI is InChI=1S/C13H25N3O2.2ClH/c1-9-5-10(8-16(9)11-3-4-11)15-13(17)6-12(7-14)18-2;;/h9-12H,3-8,14H2,1-2H3,(H,15,17);2*1H. The molecule has 1 saturated carbocycles. The summed E-state index contributed by atoms with van der Waals surface area (Å²) >= 11 is 0. The van der Waals surface area contributed by atoms with Gasteiger partial charge < -0.3 is 15.8 Å². The van der Waals surface area contributed by atoms with Crippen LogP contribution in [0.4, 0.5) is 0 Å². The van der Waals surface area contributed by atoms with E-state index in [1.165, 1.54) is 12.8 Å². The Balaban J connectivity index is 0.00000180. The summed E-state index contributed by atoms with van der Waals surface area (Å²) < 4.78 is 5.13. The lowest BCUT2D eigenvalue weighted by Crippen LogP contribution is -2.40. The Bertz CT molecular complexity index is 299. The van der Waals surface area contributed by atoms with Gasteiger partial charge in [0.25, 0.3) is 0 Å². The Hall–Kier alpha value is -0.0700. The van der Waals surface area contributed by atoms with Crippen molar-refractivity contribution in [3.8, 4) is 0 Å². The van der Waals surface area contributed by atoms with Crippen LogP contribution in [0.1, 0.15) is 32.6 Å². The van der Waals surface area contributed by atoms with Gasteiger partial charge >= 0.3 is 0 Å². The van der Waals surface area contributed by atoms with Crippen LogP contribution in [-0.4, -0.2) is 55.2 Å². The van der Waals surface area contributed by atoms with E-state index in [0.717, 1.165) is 19.0 Å². The van der Waals surface area contributed by atoms with Crippen molar-refractivity contribution < 1.29 is 9.53 Å². The number of nitrogens with zero attached hydrogens (tertiary/aromatic N) is 1. The molecule has 0 bridgehead atoms. The van der Waals surface area contributed by atoms with Crippen molar-refractivity contribution in [3.05, 3.63) is 0 Å². The Labute approximate surface area is 133 Å². The maximum atomic E-state index is 11.9. The van der Waals surface area contributed by atoms with E-state index in [4.69, 9.17) is 10.5 Å². The fourth-order valence-electron chi connectivity index (χ4n) is 2.83. The smallest absolute Gasteiger partial charge is 0.222 e. The van der Waals surface area contributed by atoms with E-state index < -0.39 is 0 Å². The lowest BCUT2D eigenvalue weighted by Gasteiger charge is -2.20. The molecule has 5 nitrogen and oxygen atoms in total. The minimum Gasteiger partial charge on any atom is -0.380 e. The number of carbonyl (C=O) groups is 1. The molecule has 2 rings (SSSR count). The molecule has 20 heavy (non-hydrogen) atoms. The Kier molecular flexibility index (Phi) is 9.02. The molecule has 3 N–H and O–H groups in total. The predicted octanol–water partition coefficient (Wildman–Crippen LogP) is 0.935. The molecule has 1 aliphatic carbocycles. The largest absolute Gasteiger partial charge is 0.380 e. The summed E-state index contributed by atoms with van der Waals surface area (Å²) in [5.74, 6) is 0.0575. The molecule has 0 aromatic heterocycles. The summed E-state index contributed by atoms with van der Waals surface area (Å²) in [6, 6.07) is 1.66. The molecular weight excluding hydrogens is 301 g/mol. The molecule has 1 saturated heterocycles. The quantitative estimate of drug-likeness (QED) is 0.761. The van der Waals surface area contributed by atoms with Gasteiger partial charge in [-0.15, -0.1) is 24.8 Å². The second kappa shape index (κ2) is 9.05. The molecule has 3 atom stereocenters. The van der Waals surface area contributed by atoms with Gasteiger partial charge in [-0.05, 0) is 26.2 Å². The average Bonchev–Trinajstić information content (AvgIpc) is 3.11. The van der Waals surface area contributed by atoms with Crippen molar-refractivity contribution in [1.29, 1.82) is 0 Å². The van der Waals surface area contributed by atoms with Crippen molar-refractivity contribution in [1.82, 2.24) is 10.2 Å². The molecule has 7 heteroatoms. The van der Waals surface area contributed by atoms with Gasteiger partial charge in [-0.3, -0.25) is 9.69 Å². The molecule has 1 heterocycles. The van der Waals surface area contributed by atoms with Crippen LogP contribution in [0.15, 0.2) is 0 Å². The molecule has 1 amide bonds. The number of nitrogens with one attached hydrogen (secondary N) is 1. The normalized spacial score (nSPS) is 27.4. The van der Waals surface area contributed by atoms with E-state index in [2.05, 4.69) is 17.1 Å². The van der Waals surface area contributed by atoms with Gasteiger partial charge in [0.1, 0.15) is 0 Å². The lowest BCUT2D eigenvalue weighted by molar-refractivity contribution is -0.124. The van der Waals surface area contributed by atoms with E-state index in [-0.39, 0.29) is 36.8 Å². The zero-order chi connectivity index (χ0) is 13.1. The summed E-state index contributed by atoms with van der Waals surface area (Å²) in [5, 5.41) is 3.10. The van der Waals surface area contributed by atoms with Gasteiger partial charge in [0.15, 0.2) is 0 Å². The first-order valence-corrected chi connectivity index (χ1v) is 6.92. The van der Waals surface area contributed by atoms with Crippen molar-refractivity contribution in [2.45, 2.75) is 56.8 Å². The minimum absolute atomic E-state index is 0. The Morgan fingerprint density at radius 2 is 2.10 bits per heavy atom. The first kappa shape index (κ1) is 19.9. The van der Waals surface area contributed by atoms with Crippen LogP contribution in [0, 0.1) is 0 Å². The van der Waals surface area contributed by atoms with E-state index in [0.29, 0.717) is 25.0 Å². The van der Waals surface area contributed by atoms with Crippen LogP contribution in [0.3, 0.4) is 0 Å². The fraction of sp³-hybridized carbons (Fsp3) is 0.923. The number of hydrogen-bond acceptors (Lipinski definition) is 4. The predicted molar refractivity (Wildman–Crippen MR) is 84.7 cm³/mol. The van der Waals surface area contributed by atoms with Crippen LogP contribution in [0.2, 0.25) is 0 Å². The van der Waals surface area contributed by atoms with Crippen molar-refractivity contribution in [2.75, 3.05) is 20.2 Å². The van der Waals surface area contributed by atoms with Crippen LogP contribution in [0.25, 0.3) is 0 Å². The summed E-state index contributed by atoms with van der Waals surface area (Å²) in [5.41, 5.74) is 5.52. The number of likely N-dealkylation sites (tertiary alicyclic amines) is 1. The minimum atomic E-state index is -0.164. The SMILES string of the molecule is COC(CN)CC(=O)NC1CC(C)N(C2CC2)C1.Cl.Cl. The maximum Gasteiger partial charge on any atom is 0.222 e. The number of amides is 1. The molecule has 0 radical (unpaired) electrons. The number of rotatable bonds is 6. The number of methoxy groups -OCH3 is 1. The van der Waals surface area contributed by atoms with Gasteiger partial charge in [0, 0.05) is 38.3 Å².